The van der Waals surface area contributed by atoms with Gasteiger partial charge in [-0.2, -0.15) is 5.10 Å². The molecular weight excluding hydrogens is 393 g/mol. The van der Waals surface area contributed by atoms with E-state index in [0.29, 0.717) is 34.8 Å². The molecule has 0 aliphatic carbocycles. The summed E-state index contributed by atoms with van der Waals surface area (Å²) in [5.41, 5.74) is 1.38. The Bertz CT molecular complexity index is 1030. The van der Waals surface area contributed by atoms with Crippen LogP contribution in [-0.2, 0) is 9.47 Å². The maximum absolute atomic E-state index is 13.4. The van der Waals surface area contributed by atoms with Crippen molar-refractivity contribution in [1.29, 1.82) is 0 Å². The molecule has 1 N–H and O–H groups in total. The average Bonchev–Trinajstić information content (AvgIpc) is 3.11. The van der Waals surface area contributed by atoms with Gasteiger partial charge in [-0.05, 0) is 30.2 Å². The minimum atomic E-state index is -1.19. The van der Waals surface area contributed by atoms with Gasteiger partial charge in [-0.1, -0.05) is 13.8 Å². The molecular formula is C21H24FN3O5. The quantitative estimate of drug-likeness (QED) is 0.570. The van der Waals surface area contributed by atoms with Crippen LogP contribution < -0.4 is 4.74 Å². The summed E-state index contributed by atoms with van der Waals surface area (Å²) in [6.45, 7) is 4.41. The Balaban J connectivity index is 2.19. The second kappa shape index (κ2) is 9.19. The Morgan fingerprint density at radius 1 is 1.20 bits per heavy atom. The fourth-order valence-electron chi connectivity index (χ4n) is 3.05. The van der Waals surface area contributed by atoms with Crippen molar-refractivity contribution >= 4 is 17.0 Å². The zero-order chi connectivity index (χ0) is 21.8. The van der Waals surface area contributed by atoms with E-state index >= 15 is 0 Å². The van der Waals surface area contributed by atoms with Crippen molar-refractivity contribution in [3.8, 4) is 11.4 Å². The van der Waals surface area contributed by atoms with Gasteiger partial charge in [0.05, 0.1) is 23.4 Å². The molecule has 3 aromatic rings. The summed E-state index contributed by atoms with van der Waals surface area (Å²) in [5, 5.41) is 14.8. The molecule has 0 radical (unpaired) electrons. The molecule has 0 saturated carbocycles. The third kappa shape index (κ3) is 4.42. The first kappa shape index (κ1) is 21.7. The molecule has 0 bridgehead atoms. The number of benzene rings is 1. The first-order chi connectivity index (χ1) is 14.3. The number of carboxylic acid groups (broad SMARTS) is 1. The van der Waals surface area contributed by atoms with Gasteiger partial charge in [0.25, 0.3) is 0 Å². The lowest BCUT2D eigenvalue weighted by atomic mass is 10.1. The maximum atomic E-state index is 13.4. The van der Waals surface area contributed by atoms with Gasteiger partial charge in [0.1, 0.15) is 24.3 Å². The lowest BCUT2D eigenvalue weighted by Gasteiger charge is -2.16. The number of ether oxygens (including phenoxy) is 3. The summed E-state index contributed by atoms with van der Waals surface area (Å²) in [4.78, 5) is 16.0. The molecule has 2 heterocycles. The topological polar surface area (TPSA) is 95.7 Å². The summed E-state index contributed by atoms with van der Waals surface area (Å²) < 4.78 is 31.3. The van der Waals surface area contributed by atoms with E-state index in [1.807, 2.05) is 13.8 Å². The molecule has 0 spiro atoms. The Kier molecular flexibility index (Phi) is 6.63. The Hall–Kier alpha value is -3.04. The van der Waals surface area contributed by atoms with Crippen LogP contribution in [0.5, 0.6) is 5.75 Å². The van der Waals surface area contributed by atoms with Gasteiger partial charge < -0.3 is 19.3 Å². The summed E-state index contributed by atoms with van der Waals surface area (Å²) in [6, 6.07) is 7.11. The molecule has 0 aliphatic heterocycles. The Labute approximate surface area is 173 Å². The second-order valence-electron chi connectivity index (χ2n) is 7.06. The molecule has 0 amide bonds. The SMILES string of the molecule is COCC(COc1cc(C(=O)O)nc2c1c(C(C)C)nn2-c1ccc(F)cc1)OC. The average molecular weight is 417 g/mol. The molecule has 0 fully saturated rings. The normalized spacial score (nSPS) is 12.5. The number of pyridine rings is 1. The van der Waals surface area contributed by atoms with Gasteiger partial charge in [-0.3, -0.25) is 0 Å². The third-order valence-corrected chi connectivity index (χ3v) is 4.58. The molecule has 0 aliphatic rings. The van der Waals surface area contributed by atoms with Crippen molar-refractivity contribution in [3.05, 3.63) is 47.5 Å². The molecule has 1 unspecified atom stereocenters. The summed E-state index contributed by atoms with van der Waals surface area (Å²) in [6.07, 6.45) is -0.332. The van der Waals surface area contributed by atoms with Crippen LogP contribution in [0.2, 0.25) is 0 Å². The molecule has 0 saturated heterocycles. The highest BCUT2D eigenvalue weighted by Gasteiger charge is 2.23. The molecule has 2 aromatic heterocycles. The van der Waals surface area contributed by atoms with Crippen LogP contribution >= 0.6 is 0 Å². The van der Waals surface area contributed by atoms with Crippen molar-refractivity contribution in [1.82, 2.24) is 14.8 Å². The predicted octanol–water partition coefficient (Wildman–Crippen LogP) is 3.42. The van der Waals surface area contributed by atoms with Crippen molar-refractivity contribution < 1.29 is 28.5 Å². The molecule has 9 heteroatoms. The van der Waals surface area contributed by atoms with E-state index < -0.39 is 5.97 Å². The molecule has 1 atom stereocenters. The van der Waals surface area contributed by atoms with Gasteiger partial charge in [-0.15, -0.1) is 0 Å². The Morgan fingerprint density at radius 2 is 1.90 bits per heavy atom. The molecule has 8 nitrogen and oxygen atoms in total. The molecule has 160 valence electrons. The van der Waals surface area contributed by atoms with Gasteiger partial charge in [0, 0.05) is 20.3 Å². The van der Waals surface area contributed by atoms with E-state index in [0.717, 1.165) is 0 Å². The van der Waals surface area contributed by atoms with Crippen LogP contribution in [0.3, 0.4) is 0 Å². The van der Waals surface area contributed by atoms with Crippen LogP contribution in [0.1, 0.15) is 35.9 Å². The van der Waals surface area contributed by atoms with Gasteiger partial charge in [0.2, 0.25) is 0 Å². The maximum Gasteiger partial charge on any atom is 0.354 e. The standard InChI is InChI=1S/C21H24FN3O5/c1-12(2)19-18-17(30-11-15(29-4)10-28-3)9-16(21(26)27)23-20(18)25(24-19)14-7-5-13(22)6-8-14/h5-9,12,15H,10-11H2,1-4H3,(H,26,27). The molecule has 30 heavy (non-hydrogen) atoms. The van der Waals surface area contributed by atoms with E-state index in [1.165, 1.54) is 22.9 Å². The number of aromatic carboxylic acids is 1. The number of nitrogens with zero attached hydrogens (tertiary/aromatic N) is 3. The van der Waals surface area contributed by atoms with Crippen molar-refractivity contribution in [2.75, 3.05) is 27.4 Å². The van der Waals surface area contributed by atoms with Crippen LogP contribution in [0.4, 0.5) is 4.39 Å². The van der Waals surface area contributed by atoms with Gasteiger partial charge in [0.15, 0.2) is 11.3 Å². The van der Waals surface area contributed by atoms with Crippen molar-refractivity contribution in [2.24, 2.45) is 0 Å². The van der Waals surface area contributed by atoms with Crippen LogP contribution in [0, 0.1) is 5.82 Å². The highest BCUT2D eigenvalue weighted by Crippen LogP contribution is 2.34. The number of aromatic nitrogens is 3. The minimum Gasteiger partial charge on any atom is -0.490 e. The highest BCUT2D eigenvalue weighted by atomic mass is 19.1. The first-order valence-corrected chi connectivity index (χ1v) is 9.43. The minimum absolute atomic E-state index is 0.00576. The number of hydrogen-bond acceptors (Lipinski definition) is 6. The first-order valence-electron chi connectivity index (χ1n) is 9.43. The van der Waals surface area contributed by atoms with E-state index in [9.17, 15) is 14.3 Å². The number of halogens is 1. The zero-order valence-corrected chi connectivity index (χ0v) is 17.3. The van der Waals surface area contributed by atoms with E-state index in [1.54, 1.807) is 26.4 Å². The number of carbonyl (C=O) groups is 1. The molecule has 1 aromatic carbocycles. The van der Waals surface area contributed by atoms with Crippen LogP contribution in [-0.4, -0.2) is 59.4 Å². The molecule has 3 rings (SSSR count). The van der Waals surface area contributed by atoms with Crippen molar-refractivity contribution in [3.63, 3.8) is 0 Å². The number of rotatable bonds is 9. The van der Waals surface area contributed by atoms with Gasteiger partial charge in [-0.25, -0.2) is 18.9 Å². The number of hydrogen-bond donors (Lipinski definition) is 1. The number of methoxy groups -OCH3 is 2. The lowest BCUT2D eigenvalue weighted by molar-refractivity contribution is 0.00114. The van der Waals surface area contributed by atoms with Crippen LogP contribution in [0.15, 0.2) is 30.3 Å². The largest absolute Gasteiger partial charge is 0.490 e. The lowest BCUT2D eigenvalue weighted by Crippen LogP contribution is -2.25. The van der Waals surface area contributed by atoms with E-state index in [-0.39, 0.29) is 30.1 Å². The third-order valence-electron chi connectivity index (χ3n) is 4.58. The summed E-state index contributed by atoms with van der Waals surface area (Å²) >= 11 is 0. The van der Waals surface area contributed by atoms with Crippen molar-refractivity contribution in [2.45, 2.75) is 25.9 Å². The summed E-state index contributed by atoms with van der Waals surface area (Å²) in [5.74, 6) is -1.23. The second-order valence-corrected chi connectivity index (χ2v) is 7.06. The van der Waals surface area contributed by atoms with Gasteiger partial charge >= 0.3 is 5.97 Å². The highest BCUT2D eigenvalue weighted by molar-refractivity contribution is 5.94. The summed E-state index contributed by atoms with van der Waals surface area (Å²) in [7, 11) is 3.10. The van der Waals surface area contributed by atoms with E-state index in [4.69, 9.17) is 14.2 Å². The fraction of sp³-hybridized carbons (Fsp3) is 0.381. The number of fused-ring (bicyclic) bond motifs is 1. The fourth-order valence-corrected chi connectivity index (χ4v) is 3.05. The van der Waals surface area contributed by atoms with Crippen LogP contribution in [0.25, 0.3) is 16.7 Å². The monoisotopic (exact) mass is 417 g/mol. The smallest absolute Gasteiger partial charge is 0.354 e. The zero-order valence-electron chi connectivity index (χ0n) is 17.3. The van der Waals surface area contributed by atoms with E-state index in [2.05, 4.69) is 10.1 Å². The number of carboxylic acids is 1. The predicted molar refractivity (Wildman–Crippen MR) is 108 cm³/mol. The Morgan fingerprint density at radius 3 is 2.47 bits per heavy atom.